The highest BCUT2D eigenvalue weighted by Crippen LogP contribution is 2.32. The van der Waals surface area contributed by atoms with E-state index < -0.39 is 0 Å². The number of imidazole rings is 1. The van der Waals surface area contributed by atoms with E-state index in [0.717, 1.165) is 5.33 Å². The maximum absolute atomic E-state index is 4.78. The van der Waals surface area contributed by atoms with Gasteiger partial charge < -0.3 is 4.57 Å². The second kappa shape index (κ2) is 4.28. The number of nitrogens with zero attached hydrogens (tertiary/aromatic N) is 2. The summed E-state index contributed by atoms with van der Waals surface area (Å²) in [6.07, 6.45) is 3.81. The molecule has 3 heteroatoms. The summed E-state index contributed by atoms with van der Waals surface area (Å²) in [6, 6.07) is 0.631. The zero-order valence-corrected chi connectivity index (χ0v) is 11.3. The molecule has 2 nitrogen and oxygen atoms in total. The molecule has 1 aliphatic heterocycles. The van der Waals surface area contributed by atoms with Crippen LogP contribution in [0.5, 0.6) is 0 Å². The van der Waals surface area contributed by atoms with E-state index in [1.165, 1.54) is 36.5 Å². The van der Waals surface area contributed by atoms with Crippen LogP contribution in [0.4, 0.5) is 0 Å². The van der Waals surface area contributed by atoms with Crippen LogP contribution in [0.2, 0.25) is 0 Å². The summed E-state index contributed by atoms with van der Waals surface area (Å²) < 4.78 is 2.48. The van der Waals surface area contributed by atoms with Crippen LogP contribution >= 0.6 is 15.9 Å². The van der Waals surface area contributed by atoms with Gasteiger partial charge in [-0.1, -0.05) is 29.8 Å². The minimum Gasteiger partial charge on any atom is -0.329 e. The molecular weight excluding hydrogens is 252 g/mol. The van der Waals surface area contributed by atoms with Crippen molar-refractivity contribution in [3.05, 3.63) is 17.2 Å². The molecule has 1 aromatic heterocycles. The molecule has 15 heavy (non-hydrogen) atoms. The van der Waals surface area contributed by atoms with Gasteiger partial charge in [0.2, 0.25) is 0 Å². The summed E-state index contributed by atoms with van der Waals surface area (Å²) >= 11 is 3.54. The van der Waals surface area contributed by atoms with Gasteiger partial charge in [-0.05, 0) is 26.2 Å². The maximum atomic E-state index is 4.78. The first kappa shape index (κ1) is 11.2. The van der Waals surface area contributed by atoms with Crippen LogP contribution in [-0.4, -0.2) is 9.55 Å². The molecule has 0 aromatic carbocycles. The molecule has 0 spiro atoms. The number of rotatable bonds is 2. The van der Waals surface area contributed by atoms with Crippen molar-refractivity contribution in [2.24, 2.45) is 0 Å². The lowest BCUT2D eigenvalue weighted by molar-refractivity contribution is 0.412. The summed E-state index contributed by atoms with van der Waals surface area (Å²) in [5.74, 6) is 1.80. The minimum absolute atomic E-state index is 0.525. The molecular formula is C12H19BrN2. The summed E-state index contributed by atoms with van der Waals surface area (Å²) in [7, 11) is 0. The van der Waals surface area contributed by atoms with Gasteiger partial charge in [-0.25, -0.2) is 4.98 Å². The van der Waals surface area contributed by atoms with Crippen molar-refractivity contribution < 1.29 is 0 Å². The largest absolute Gasteiger partial charge is 0.329 e. The molecule has 1 aromatic rings. The van der Waals surface area contributed by atoms with Gasteiger partial charge in [0.15, 0.2) is 0 Å². The Hall–Kier alpha value is -0.310. The second-order valence-corrected chi connectivity index (χ2v) is 5.32. The molecule has 0 saturated carbocycles. The monoisotopic (exact) mass is 270 g/mol. The van der Waals surface area contributed by atoms with Crippen LogP contribution in [0, 0.1) is 0 Å². The van der Waals surface area contributed by atoms with Gasteiger partial charge in [-0.3, -0.25) is 0 Å². The molecule has 0 aliphatic carbocycles. The zero-order chi connectivity index (χ0) is 11.0. The van der Waals surface area contributed by atoms with Crippen LogP contribution in [0.25, 0.3) is 0 Å². The SMILES string of the molecule is CC(C)c1nc(CBr)c2n1C(C)CCC2. The van der Waals surface area contributed by atoms with Crippen LogP contribution < -0.4 is 0 Å². The van der Waals surface area contributed by atoms with Crippen LogP contribution in [0.15, 0.2) is 0 Å². The van der Waals surface area contributed by atoms with E-state index in [2.05, 4.69) is 41.3 Å². The second-order valence-electron chi connectivity index (χ2n) is 4.76. The Bertz CT molecular complexity index is 355. The summed E-state index contributed by atoms with van der Waals surface area (Å²) in [4.78, 5) is 4.78. The normalized spacial score (nSPS) is 20.7. The van der Waals surface area contributed by atoms with Gasteiger partial charge in [0.25, 0.3) is 0 Å². The van der Waals surface area contributed by atoms with Crippen LogP contribution in [0.1, 0.15) is 62.8 Å². The third-order valence-electron chi connectivity index (χ3n) is 3.24. The Morgan fingerprint density at radius 1 is 1.53 bits per heavy atom. The molecule has 84 valence electrons. The Kier molecular flexibility index (Phi) is 3.19. The van der Waals surface area contributed by atoms with E-state index in [-0.39, 0.29) is 0 Å². The topological polar surface area (TPSA) is 17.8 Å². The predicted molar refractivity (Wildman–Crippen MR) is 66.6 cm³/mol. The lowest BCUT2D eigenvalue weighted by atomic mass is 10.0. The molecule has 0 radical (unpaired) electrons. The fraction of sp³-hybridized carbons (Fsp3) is 0.750. The van der Waals surface area contributed by atoms with Crippen molar-refractivity contribution in [3.63, 3.8) is 0 Å². The first-order chi connectivity index (χ1) is 7.15. The van der Waals surface area contributed by atoms with Crippen molar-refractivity contribution in [1.29, 1.82) is 0 Å². The molecule has 0 N–H and O–H groups in total. The van der Waals surface area contributed by atoms with Crippen LogP contribution in [0.3, 0.4) is 0 Å². The van der Waals surface area contributed by atoms with E-state index in [4.69, 9.17) is 4.98 Å². The fourth-order valence-electron chi connectivity index (χ4n) is 2.50. The third-order valence-corrected chi connectivity index (χ3v) is 3.77. The van der Waals surface area contributed by atoms with E-state index in [9.17, 15) is 0 Å². The Morgan fingerprint density at radius 2 is 2.27 bits per heavy atom. The first-order valence-corrected chi connectivity index (χ1v) is 6.93. The fourth-order valence-corrected chi connectivity index (χ4v) is 2.95. The molecule has 0 amide bonds. The smallest absolute Gasteiger partial charge is 0.112 e. The van der Waals surface area contributed by atoms with Crippen molar-refractivity contribution in [2.75, 3.05) is 0 Å². The summed E-state index contributed by atoms with van der Waals surface area (Å²) in [5, 5.41) is 0.891. The lowest BCUT2D eigenvalue weighted by Crippen LogP contribution is -2.18. The molecule has 1 aliphatic rings. The van der Waals surface area contributed by atoms with Crippen molar-refractivity contribution >= 4 is 15.9 Å². The van der Waals surface area contributed by atoms with Gasteiger partial charge in [0, 0.05) is 23.0 Å². The molecule has 1 unspecified atom stereocenters. The van der Waals surface area contributed by atoms with E-state index in [1.807, 2.05) is 0 Å². The standard InChI is InChI=1S/C12H19BrN2/c1-8(2)12-14-10(7-13)11-6-4-5-9(3)15(11)12/h8-9H,4-7H2,1-3H3. The highest BCUT2D eigenvalue weighted by molar-refractivity contribution is 9.08. The summed E-state index contributed by atoms with van der Waals surface area (Å²) in [6.45, 7) is 6.78. The quantitative estimate of drug-likeness (QED) is 0.748. The van der Waals surface area contributed by atoms with Crippen LogP contribution in [-0.2, 0) is 11.8 Å². The predicted octanol–water partition coefficient (Wildman–Crippen LogP) is 3.80. The van der Waals surface area contributed by atoms with Gasteiger partial charge in [0.05, 0.1) is 5.69 Å². The number of alkyl halides is 1. The van der Waals surface area contributed by atoms with Gasteiger partial charge in [0.1, 0.15) is 5.82 Å². The lowest BCUT2D eigenvalue weighted by Gasteiger charge is -2.25. The molecule has 1 atom stereocenters. The number of fused-ring (bicyclic) bond motifs is 1. The van der Waals surface area contributed by atoms with Crippen molar-refractivity contribution in [2.45, 2.75) is 57.3 Å². The number of hydrogen-bond donors (Lipinski definition) is 0. The van der Waals surface area contributed by atoms with E-state index in [1.54, 1.807) is 0 Å². The number of aromatic nitrogens is 2. The van der Waals surface area contributed by atoms with Gasteiger partial charge >= 0.3 is 0 Å². The number of hydrogen-bond acceptors (Lipinski definition) is 1. The Morgan fingerprint density at radius 3 is 2.87 bits per heavy atom. The molecule has 2 heterocycles. The van der Waals surface area contributed by atoms with Gasteiger partial charge in [-0.2, -0.15) is 0 Å². The Balaban J connectivity index is 2.53. The minimum atomic E-state index is 0.525. The van der Waals surface area contributed by atoms with Crippen molar-refractivity contribution in [3.8, 4) is 0 Å². The number of halogens is 1. The Labute approximate surface area is 100 Å². The average molecular weight is 271 g/mol. The molecule has 0 bridgehead atoms. The van der Waals surface area contributed by atoms with E-state index >= 15 is 0 Å². The molecule has 2 rings (SSSR count). The van der Waals surface area contributed by atoms with Gasteiger partial charge in [-0.15, -0.1) is 0 Å². The molecule has 0 saturated heterocycles. The third kappa shape index (κ3) is 1.86. The average Bonchev–Trinajstić information content (AvgIpc) is 2.58. The highest BCUT2D eigenvalue weighted by atomic mass is 79.9. The zero-order valence-electron chi connectivity index (χ0n) is 9.76. The van der Waals surface area contributed by atoms with Crippen molar-refractivity contribution in [1.82, 2.24) is 9.55 Å². The maximum Gasteiger partial charge on any atom is 0.112 e. The first-order valence-electron chi connectivity index (χ1n) is 5.81. The summed E-state index contributed by atoms with van der Waals surface area (Å²) in [5.41, 5.74) is 2.72. The molecule has 0 fully saturated rings. The highest BCUT2D eigenvalue weighted by Gasteiger charge is 2.24. The van der Waals surface area contributed by atoms with E-state index in [0.29, 0.717) is 12.0 Å².